The molecule has 0 amide bonds. The maximum Gasteiger partial charge on any atom is 0.135 e. The van der Waals surface area contributed by atoms with Crippen LogP contribution in [0.15, 0.2) is 36.0 Å². The van der Waals surface area contributed by atoms with E-state index in [4.69, 9.17) is 4.84 Å². The molecule has 2 nitrogen and oxygen atoms in total. The molecule has 0 saturated carbocycles. The zero-order valence-electron chi connectivity index (χ0n) is 9.29. The first-order valence-electron chi connectivity index (χ1n) is 5.06. The number of hydrogen-bond donors (Lipinski definition) is 0. The lowest BCUT2D eigenvalue weighted by atomic mass is 10.1. The van der Waals surface area contributed by atoms with Gasteiger partial charge in [-0.05, 0) is 36.6 Å². The molecule has 0 saturated heterocycles. The normalized spacial score (nSPS) is 11.2. The van der Waals surface area contributed by atoms with Gasteiger partial charge < -0.3 is 4.84 Å². The van der Waals surface area contributed by atoms with Crippen molar-refractivity contribution in [3.8, 4) is 0 Å². The Balaban J connectivity index is 2.82. The van der Waals surface area contributed by atoms with Gasteiger partial charge in [-0.25, -0.2) is 0 Å². The number of rotatable bonds is 5. The molecular formula is C13H16NO. The van der Waals surface area contributed by atoms with Gasteiger partial charge in [0.05, 0.1) is 5.71 Å². The first kappa shape index (κ1) is 11.5. The molecule has 0 spiro atoms. The third-order valence-electron chi connectivity index (χ3n) is 1.98. The molecule has 0 atom stereocenters. The van der Waals surface area contributed by atoms with Crippen molar-refractivity contribution in [2.24, 2.45) is 5.16 Å². The lowest BCUT2D eigenvalue weighted by molar-refractivity contribution is 0.174. The quantitative estimate of drug-likeness (QED) is 0.311. The highest BCUT2D eigenvalue weighted by Crippen LogP contribution is 2.07. The van der Waals surface area contributed by atoms with E-state index in [-0.39, 0.29) is 0 Å². The lowest BCUT2D eigenvalue weighted by Gasteiger charge is -2.04. The van der Waals surface area contributed by atoms with Gasteiger partial charge in [-0.15, -0.1) is 0 Å². The molecule has 0 aliphatic carbocycles. The summed E-state index contributed by atoms with van der Waals surface area (Å²) in [6.45, 7) is 8.09. The Kier molecular flexibility index (Phi) is 4.61. The van der Waals surface area contributed by atoms with Crippen LogP contribution < -0.4 is 0 Å². The van der Waals surface area contributed by atoms with E-state index in [1.54, 1.807) is 6.08 Å². The van der Waals surface area contributed by atoms with Gasteiger partial charge >= 0.3 is 0 Å². The van der Waals surface area contributed by atoms with Crippen molar-refractivity contribution in [3.63, 3.8) is 0 Å². The zero-order chi connectivity index (χ0) is 11.1. The maximum atomic E-state index is 5.09. The number of aryl methyl sites for hydroxylation is 1. The number of nitrogens with zero attached hydrogens (tertiary/aromatic N) is 1. The van der Waals surface area contributed by atoms with Crippen LogP contribution in [-0.2, 0) is 4.84 Å². The molecule has 1 rings (SSSR count). The largest absolute Gasteiger partial charge is 0.391 e. The molecule has 0 N–H and O–H groups in total. The van der Waals surface area contributed by atoms with Crippen LogP contribution in [0, 0.1) is 13.0 Å². The second-order valence-corrected chi connectivity index (χ2v) is 3.24. The number of benzene rings is 1. The van der Waals surface area contributed by atoms with Gasteiger partial charge in [0.2, 0.25) is 0 Å². The highest BCUT2D eigenvalue weighted by Gasteiger charge is 2.01. The summed E-state index contributed by atoms with van der Waals surface area (Å²) >= 11 is 0. The van der Waals surface area contributed by atoms with Crippen LogP contribution in [0.1, 0.15) is 24.5 Å². The van der Waals surface area contributed by atoms with Gasteiger partial charge in [-0.1, -0.05) is 36.9 Å². The van der Waals surface area contributed by atoms with Crippen LogP contribution in [0.5, 0.6) is 0 Å². The van der Waals surface area contributed by atoms with Crippen LogP contribution >= 0.6 is 0 Å². The van der Waals surface area contributed by atoms with E-state index in [9.17, 15) is 0 Å². The van der Waals surface area contributed by atoms with Gasteiger partial charge in [-0.2, -0.15) is 0 Å². The summed E-state index contributed by atoms with van der Waals surface area (Å²) in [4.78, 5) is 5.09. The second-order valence-electron chi connectivity index (χ2n) is 3.24. The fourth-order valence-electron chi connectivity index (χ4n) is 1.25. The SMILES string of the molecule is C=CCON=C(CC)c1cc[c]c(C)c1. The van der Waals surface area contributed by atoms with E-state index in [1.807, 2.05) is 19.1 Å². The van der Waals surface area contributed by atoms with E-state index in [2.05, 4.69) is 30.8 Å². The van der Waals surface area contributed by atoms with Crippen LogP contribution in [-0.4, -0.2) is 12.3 Å². The molecule has 1 radical (unpaired) electrons. The van der Waals surface area contributed by atoms with Crippen molar-refractivity contribution < 1.29 is 4.84 Å². The molecule has 0 bridgehead atoms. The Morgan fingerprint density at radius 3 is 3.07 bits per heavy atom. The summed E-state index contributed by atoms with van der Waals surface area (Å²) in [5.74, 6) is 0. The van der Waals surface area contributed by atoms with E-state index in [1.165, 1.54) is 0 Å². The molecule has 0 aromatic heterocycles. The Hall–Kier alpha value is -1.57. The molecule has 1 aromatic rings. The molecule has 15 heavy (non-hydrogen) atoms. The van der Waals surface area contributed by atoms with Crippen LogP contribution in [0.2, 0.25) is 0 Å². The maximum absolute atomic E-state index is 5.09. The summed E-state index contributed by atoms with van der Waals surface area (Å²) in [6.07, 6.45) is 2.53. The Bertz CT molecular complexity index is 355. The van der Waals surface area contributed by atoms with E-state index >= 15 is 0 Å². The highest BCUT2D eigenvalue weighted by atomic mass is 16.6. The van der Waals surface area contributed by atoms with Crippen LogP contribution in [0.25, 0.3) is 0 Å². The Morgan fingerprint density at radius 2 is 2.47 bits per heavy atom. The third kappa shape index (κ3) is 3.58. The number of hydrogen-bond acceptors (Lipinski definition) is 2. The number of oxime groups is 1. The fraction of sp³-hybridized carbons (Fsp3) is 0.308. The first-order chi connectivity index (χ1) is 7.27. The van der Waals surface area contributed by atoms with E-state index < -0.39 is 0 Å². The van der Waals surface area contributed by atoms with Crippen LogP contribution in [0.3, 0.4) is 0 Å². The average molecular weight is 202 g/mol. The standard InChI is InChI=1S/C13H16NO/c1-4-9-15-14-13(5-2)12-8-6-7-11(3)10-12/h4,6,8,10H,1,5,9H2,2-3H3. The van der Waals surface area contributed by atoms with Crippen molar-refractivity contribution in [2.45, 2.75) is 20.3 Å². The second kappa shape index (κ2) is 6.02. The molecule has 0 fully saturated rings. The van der Waals surface area contributed by atoms with Gasteiger partial charge in [0.25, 0.3) is 0 Å². The smallest absolute Gasteiger partial charge is 0.135 e. The van der Waals surface area contributed by atoms with Crippen molar-refractivity contribution in [1.82, 2.24) is 0 Å². The summed E-state index contributed by atoms with van der Waals surface area (Å²) in [6, 6.07) is 9.06. The predicted molar refractivity (Wildman–Crippen MR) is 63.0 cm³/mol. The van der Waals surface area contributed by atoms with Crippen molar-refractivity contribution >= 4 is 5.71 Å². The Morgan fingerprint density at radius 1 is 1.67 bits per heavy atom. The molecule has 0 aliphatic heterocycles. The summed E-state index contributed by atoms with van der Waals surface area (Å²) in [5.41, 5.74) is 3.16. The minimum atomic E-state index is 0.446. The van der Waals surface area contributed by atoms with Gasteiger partial charge in [0.15, 0.2) is 0 Å². The summed E-state index contributed by atoms with van der Waals surface area (Å²) in [7, 11) is 0. The molecule has 1 aromatic carbocycles. The molecule has 79 valence electrons. The minimum Gasteiger partial charge on any atom is -0.391 e. The van der Waals surface area contributed by atoms with Gasteiger partial charge in [-0.3, -0.25) is 0 Å². The van der Waals surface area contributed by atoms with Crippen molar-refractivity contribution in [2.75, 3.05) is 6.61 Å². The van der Waals surface area contributed by atoms with Gasteiger partial charge in [0.1, 0.15) is 6.61 Å². The zero-order valence-corrected chi connectivity index (χ0v) is 9.29. The third-order valence-corrected chi connectivity index (χ3v) is 1.98. The monoisotopic (exact) mass is 202 g/mol. The lowest BCUT2D eigenvalue weighted by Crippen LogP contribution is -2.00. The van der Waals surface area contributed by atoms with E-state index in [0.717, 1.165) is 23.3 Å². The van der Waals surface area contributed by atoms with Gasteiger partial charge in [0, 0.05) is 0 Å². The van der Waals surface area contributed by atoms with Crippen molar-refractivity contribution in [3.05, 3.63) is 48.0 Å². The predicted octanol–water partition coefficient (Wildman–Crippen LogP) is 3.11. The molecule has 0 heterocycles. The Labute approximate surface area is 91.3 Å². The van der Waals surface area contributed by atoms with E-state index in [0.29, 0.717) is 6.61 Å². The molecular weight excluding hydrogens is 186 g/mol. The van der Waals surface area contributed by atoms with Crippen molar-refractivity contribution in [1.29, 1.82) is 0 Å². The fourth-order valence-corrected chi connectivity index (χ4v) is 1.25. The average Bonchev–Trinajstić information content (AvgIpc) is 2.24. The molecule has 2 heteroatoms. The van der Waals surface area contributed by atoms with Crippen LogP contribution in [0.4, 0.5) is 0 Å². The summed E-state index contributed by atoms with van der Waals surface area (Å²) < 4.78 is 0. The molecule has 0 aliphatic rings. The minimum absolute atomic E-state index is 0.446. The summed E-state index contributed by atoms with van der Waals surface area (Å²) in [5, 5.41) is 4.07. The molecule has 0 unspecified atom stereocenters. The topological polar surface area (TPSA) is 21.6 Å². The highest BCUT2D eigenvalue weighted by molar-refractivity contribution is 6.00. The first-order valence-corrected chi connectivity index (χ1v) is 5.06.